The lowest BCUT2D eigenvalue weighted by molar-refractivity contribution is -0.713. The molecule has 4 rings (SSSR count). The zero-order valence-corrected chi connectivity index (χ0v) is 23.5. The second kappa shape index (κ2) is 12.1. The summed E-state index contributed by atoms with van der Waals surface area (Å²) >= 11 is 3.59. The summed E-state index contributed by atoms with van der Waals surface area (Å²) in [5.41, 5.74) is 11.4. The third-order valence-corrected chi connectivity index (χ3v) is 8.81. The highest BCUT2D eigenvalue weighted by atomic mass is 32.2. The fraction of sp³-hybridized carbons (Fsp3) is 0.364. The van der Waals surface area contributed by atoms with Gasteiger partial charge in [-0.15, -0.1) is 23.1 Å². The van der Waals surface area contributed by atoms with Crippen LogP contribution in [0, 0.1) is 0 Å². The van der Waals surface area contributed by atoms with Crippen LogP contribution in [-0.4, -0.2) is 78.5 Å². The van der Waals surface area contributed by atoms with Crippen molar-refractivity contribution in [3.63, 3.8) is 0 Å². The number of hydrogen-bond acceptors (Lipinski definition) is 14. The lowest BCUT2D eigenvalue weighted by atomic mass is 10.0. The maximum Gasteiger partial charge on any atom is 0.361 e. The number of hydrogen-bond donors (Lipinski definition) is 4. The van der Waals surface area contributed by atoms with Crippen molar-refractivity contribution >= 4 is 75.3 Å². The average Bonchev–Trinajstić information content (AvgIpc) is 3.32. The molecule has 4 heterocycles. The molecule has 212 valence electrons. The second-order valence-corrected chi connectivity index (χ2v) is 11.6. The first kappa shape index (κ1) is 29.1. The predicted octanol–water partition coefficient (Wildman–Crippen LogP) is -1.69. The fourth-order valence-corrected chi connectivity index (χ4v) is 6.78. The highest BCUT2D eigenvalue weighted by molar-refractivity contribution is 8.01. The molecule has 1 fully saturated rings. The number of aryl methyl sites for hydroxylation is 1. The quantitative estimate of drug-likeness (QED) is 0.0558. The molecule has 2 aromatic heterocycles. The van der Waals surface area contributed by atoms with Gasteiger partial charge in [0.2, 0.25) is 5.82 Å². The van der Waals surface area contributed by atoms with Crippen molar-refractivity contribution in [1.29, 1.82) is 0 Å². The second-order valence-electron chi connectivity index (χ2n) is 8.66. The molecule has 0 radical (unpaired) electrons. The summed E-state index contributed by atoms with van der Waals surface area (Å²) in [5, 5.41) is 28.8. The van der Waals surface area contributed by atoms with Crippen LogP contribution in [0.25, 0.3) is 0 Å². The summed E-state index contributed by atoms with van der Waals surface area (Å²) in [7, 11) is 1.77. The number of fused-ring (bicyclic) bond motifs is 1. The van der Waals surface area contributed by atoms with Gasteiger partial charge in [-0.1, -0.05) is 5.16 Å². The number of aliphatic carboxylic acids is 2. The van der Waals surface area contributed by atoms with Gasteiger partial charge in [-0.3, -0.25) is 19.3 Å². The normalized spacial score (nSPS) is 19.5. The molecule has 0 spiro atoms. The molecule has 0 aliphatic carbocycles. The Morgan fingerprint density at radius 1 is 1.40 bits per heavy atom. The number of oxime groups is 1. The van der Waals surface area contributed by atoms with E-state index in [1.54, 1.807) is 23.9 Å². The molecule has 15 nitrogen and oxygen atoms in total. The van der Waals surface area contributed by atoms with E-state index in [1.807, 2.05) is 0 Å². The van der Waals surface area contributed by atoms with Crippen molar-refractivity contribution in [3.05, 3.63) is 34.6 Å². The standard InChI is InChI=1S/C22H24N8O7S3/c1-9(5-13(31)32)37-28-14(11-8-39-21(24)25-11)17(33)27-15-18(34)30-16(20(35)36)10(6-38-19(15)30)7-40-22-26-12(23)3-4-29(22)2/h3-4,8-9,15,19,23H,5-7H2,1-2H3,(H5,24,25,27,31,32,33,35,36)/b28-14-/t9?,15?,19-/m1/s1. The minimum absolute atomic E-state index is 0.0698. The van der Waals surface area contributed by atoms with Gasteiger partial charge in [-0.05, 0) is 29.2 Å². The lowest BCUT2D eigenvalue weighted by Gasteiger charge is -2.50. The Kier molecular flexibility index (Phi) is 8.79. The lowest BCUT2D eigenvalue weighted by Crippen LogP contribution is -2.71. The topological polar surface area (TPSA) is 230 Å². The minimum Gasteiger partial charge on any atom is -0.543 e. The van der Waals surface area contributed by atoms with Gasteiger partial charge in [-0.2, -0.15) is 0 Å². The van der Waals surface area contributed by atoms with Gasteiger partial charge in [0, 0.05) is 23.0 Å². The molecule has 6 N–H and O–H groups in total. The number of carboxylic acids is 2. The number of rotatable bonds is 11. The van der Waals surface area contributed by atoms with Crippen LogP contribution in [0.4, 0.5) is 10.9 Å². The van der Waals surface area contributed by atoms with E-state index in [0.717, 1.165) is 16.2 Å². The summed E-state index contributed by atoms with van der Waals surface area (Å²) in [6.07, 6.45) is 0.506. The van der Waals surface area contributed by atoms with Gasteiger partial charge in [0.1, 0.15) is 23.2 Å². The number of carbonyl (C=O) groups is 4. The molecule has 2 aromatic rings. The summed E-state index contributed by atoms with van der Waals surface area (Å²) < 4.78 is 1.74. The highest BCUT2D eigenvalue weighted by Gasteiger charge is 2.53. The Morgan fingerprint density at radius 2 is 2.15 bits per heavy atom. The van der Waals surface area contributed by atoms with Gasteiger partial charge < -0.3 is 36.6 Å². The molecule has 2 aliphatic heterocycles. The van der Waals surface area contributed by atoms with Crippen LogP contribution < -0.4 is 26.5 Å². The fourth-order valence-electron chi connectivity index (χ4n) is 3.78. The van der Waals surface area contributed by atoms with E-state index < -0.39 is 41.3 Å². The number of thioether (sulfide) groups is 2. The van der Waals surface area contributed by atoms with Crippen LogP contribution >= 0.6 is 34.9 Å². The number of nitrogen functional groups attached to an aromatic ring is 2. The van der Waals surface area contributed by atoms with Crippen molar-refractivity contribution in [3.8, 4) is 0 Å². The molecule has 0 bridgehead atoms. The summed E-state index contributed by atoms with van der Waals surface area (Å²) in [4.78, 5) is 63.8. The average molecular weight is 609 g/mol. The van der Waals surface area contributed by atoms with Crippen molar-refractivity contribution in [2.45, 2.75) is 36.0 Å². The van der Waals surface area contributed by atoms with Gasteiger partial charge in [0.15, 0.2) is 10.8 Å². The molecule has 0 saturated carbocycles. The molecule has 3 atom stereocenters. The Labute approximate surface area is 239 Å². The SMILES string of the molecule is CC(CC(=O)O)O/N=C(\C(=O)NC1C(=O)N2C(C(=O)[O-])=C(CSc3nc(N)cc[n+]3C)CS[C@H]12)c1csc(N)n1. The van der Waals surface area contributed by atoms with Gasteiger partial charge in [0.25, 0.3) is 11.8 Å². The Bertz CT molecular complexity index is 1430. The number of thiazole rings is 1. The summed E-state index contributed by atoms with van der Waals surface area (Å²) in [5.74, 6) is -3.29. The largest absolute Gasteiger partial charge is 0.543 e. The van der Waals surface area contributed by atoms with E-state index >= 15 is 0 Å². The van der Waals surface area contributed by atoms with Crippen LogP contribution in [0.2, 0.25) is 0 Å². The van der Waals surface area contributed by atoms with E-state index in [0.29, 0.717) is 16.5 Å². The van der Waals surface area contributed by atoms with Crippen molar-refractivity contribution < 1.29 is 38.8 Å². The Morgan fingerprint density at radius 3 is 2.80 bits per heavy atom. The summed E-state index contributed by atoms with van der Waals surface area (Å²) in [6.45, 7) is 1.46. The number of carbonyl (C=O) groups excluding carboxylic acids is 3. The first-order valence-corrected chi connectivity index (χ1v) is 14.5. The van der Waals surface area contributed by atoms with Crippen LogP contribution in [-0.2, 0) is 31.1 Å². The molecule has 1 saturated heterocycles. The molecule has 0 aromatic carbocycles. The van der Waals surface area contributed by atoms with Crippen LogP contribution in [0.5, 0.6) is 0 Å². The first-order valence-electron chi connectivity index (χ1n) is 11.6. The molecule has 2 aliphatic rings. The minimum atomic E-state index is -1.51. The molecule has 40 heavy (non-hydrogen) atoms. The zero-order valence-electron chi connectivity index (χ0n) is 21.1. The van der Waals surface area contributed by atoms with E-state index in [2.05, 4.69) is 20.4 Å². The number of nitrogens with two attached hydrogens (primary N) is 2. The monoisotopic (exact) mass is 608 g/mol. The van der Waals surface area contributed by atoms with E-state index in [-0.39, 0.29) is 40.2 Å². The molecule has 18 heteroatoms. The zero-order chi connectivity index (χ0) is 29.1. The number of anilines is 2. The molecular weight excluding hydrogens is 584 g/mol. The number of nitrogens with zero attached hydrogens (tertiary/aromatic N) is 5. The molecule has 2 amide bonds. The van der Waals surface area contributed by atoms with Gasteiger partial charge in [-0.25, -0.2) is 9.55 Å². The number of nitrogens with one attached hydrogen (secondary N) is 1. The summed E-state index contributed by atoms with van der Waals surface area (Å²) in [6, 6.07) is 0.568. The Hall–Kier alpha value is -3.90. The highest BCUT2D eigenvalue weighted by Crippen LogP contribution is 2.41. The van der Waals surface area contributed by atoms with Crippen LogP contribution in [0.1, 0.15) is 19.0 Å². The van der Waals surface area contributed by atoms with Crippen molar-refractivity contribution in [2.24, 2.45) is 12.2 Å². The van der Waals surface area contributed by atoms with E-state index in [1.165, 1.54) is 35.8 Å². The first-order chi connectivity index (χ1) is 19.0. The van der Waals surface area contributed by atoms with Crippen LogP contribution in [0.3, 0.4) is 0 Å². The van der Waals surface area contributed by atoms with Gasteiger partial charge in [0.05, 0.1) is 31.3 Å². The number of amides is 2. The molecular formula is C22H24N8O7S3. The number of aromatic nitrogens is 3. The third-order valence-electron chi connectivity index (χ3n) is 5.66. The third kappa shape index (κ3) is 6.28. The maximum absolute atomic E-state index is 13.2. The van der Waals surface area contributed by atoms with Crippen molar-refractivity contribution in [2.75, 3.05) is 23.0 Å². The smallest absolute Gasteiger partial charge is 0.361 e. The Balaban J connectivity index is 1.50. The van der Waals surface area contributed by atoms with Crippen LogP contribution in [0.15, 0.2) is 39.2 Å². The van der Waals surface area contributed by atoms with Crippen molar-refractivity contribution in [1.82, 2.24) is 20.2 Å². The maximum atomic E-state index is 13.2. The van der Waals surface area contributed by atoms with E-state index in [9.17, 15) is 24.3 Å². The predicted molar refractivity (Wildman–Crippen MR) is 143 cm³/mol. The van der Waals surface area contributed by atoms with E-state index in [4.69, 9.17) is 21.4 Å². The number of carboxylic acid groups (broad SMARTS) is 2. The molecule has 2 unspecified atom stereocenters. The van der Waals surface area contributed by atoms with Gasteiger partial charge >= 0.3 is 11.1 Å². The number of β-lactam (4-membered cyclic amide) rings is 1.